The predicted molar refractivity (Wildman–Crippen MR) is 223 cm³/mol. The van der Waals surface area contributed by atoms with E-state index >= 15 is 0 Å². The number of carbonyl (C=O) groups excluding carboxylic acids is 2. The van der Waals surface area contributed by atoms with Crippen molar-refractivity contribution in [1.82, 2.24) is 0 Å². The SMILES string of the molecule is O=C1OC(c2ccc3ccc(N(c4ccccc4)c4ccccc4)cc3c2)=C2C(=O)OC(c3ccc4ccc(N(c5ccccc5)c5ccccc5)cc4c3)=C12. The molecule has 6 nitrogen and oxygen atoms in total. The van der Waals surface area contributed by atoms with Crippen LogP contribution in [0.3, 0.4) is 0 Å². The fourth-order valence-corrected chi connectivity index (χ4v) is 7.64. The van der Waals surface area contributed by atoms with E-state index in [0.29, 0.717) is 11.1 Å². The molecule has 10 rings (SSSR count). The average molecular weight is 725 g/mol. The van der Waals surface area contributed by atoms with E-state index in [2.05, 4.69) is 94.7 Å². The van der Waals surface area contributed by atoms with Crippen molar-refractivity contribution in [3.63, 3.8) is 0 Å². The number of anilines is 6. The highest BCUT2D eigenvalue weighted by Crippen LogP contribution is 2.45. The molecule has 0 N–H and O–H groups in total. The molecule has 0 saturated heterocycles. The van der Waals surface area contributed by atoms with Gasteiger partial charge in [-0.05, 0) is 106 Å². The summed E-state index contributed by atoms with van der Waals surface area (Å²) < 4.78 is 11.8. The molecule has 266 valence electrons. The van der Waals surface area contributed by atoms with Crippen LogP contribution in [0.15, 0.2) is 205 Å². The molecule has 6 heteroatoms. The van der Waals surface area contributed by atoms with Crippen LogP contribution >= 0.6 is 0 Å². The van der Waals surface area contributed by atoms with Gasteiger partial charge in [0.1, 0.15) is 11.1 Å². The van der Waals surface area contributed by atoms with E-state index in [1.807, 2.05) is 109 Å². The highest BCUT2D eigenvalue weighted by atomic mass is 16.6. The van der Waals surface area contributed by atoms with Crippen LogP contribution in [0.1, 0.15) is 11.1 Å². The third-order valence-electron chi connectivity index (χ3n) is 10.2. The molecule has 0 radical (unpaired) electrons. The van der Waals surface area contributed by atoms with Gasteiger partial charge in [-0.15, -0.1) is 0 Å². The first-order chi connectivity index (χ1) is 27.6. The number of hydrogen-bond acceptors (Lipinski definition) is 6. The van der Waals surface area contributed by atoms with Gasteiger partial charge < -0.3 is 19.3 Å². The van der Waals surface area contributed by atoms with Crippen molar-refractivity contribution in [3.05, 3.63) is 216 Å². The van der Waals surface area contributed by atoms with E-state index in [-0.39, 0.29) is 22.7 Å². The van der Waals surface area contributed by atoms with Crippen molar-refractivity contribution in [2.24, 2.45) is 0 Å². The minimum Gasteiger partial charge on any atom is -0.421 e. The lowest BCUT2D eigenvalue weighted by atomic mass is 9.99. The number of rotatable bonds is 8. The van der Waals surface area contributed by atoms with Crippen LogP contribution in [0.4, 0.5) is 34.1 Å². The lowest BCUT2D eigenvalue weighted by Gasteiger charge is -2.25. The Morgan fingerprint density at radius 3 is 0.964 bits per heavy atom. The fraction of sp³-hybridized carbons (Fsp3) is 0. The molecule has 0 amide bonds. The molecule has 0 unspecified atom stereocenters. The number of hydrogen-bond donors (Lipinski definition) is 0. The quantitative estimate of drug-likeness (QED) is 0.145. The molecule has 2 heterocycles. The molecular formula is C50H32N2O4. The van der Waals surface area contributed by atoms with Crippen molar-refractivity contribution in [3.8, 4) is 0 Å². The molecular weight excluding hydrogens is 693 g/mol. The topological polar surface area (TPSA) is 59.1 Å². The summed E-state index contributed by atoms with van der Waals surface area (Å²) in [6.07, 6.45) is 0. The minimum atomic E-state index is -0.614. The van der Waals surface area contributed by atoms with Gasteiger partial charge in [0, 0.05) is 45.3 Å². The number of benzene rings is 8. The smallest absolute Gasteiger partial charge is 0.348 e. The van der Waals surface area contributed by atoms with Crippen molar-refractivity contribution >= 4 is 79.1 Å². The van der Waals surface area contributed by atoms with Crippen LogP contribution in [0.25, 0.3) is 33.1 Å². The summed E-state index contributed by atoms with van der Waals surface area (Å²) >= 11 is 0. The first-order valence-electron chi connectivity index (χ1n) is 18.4. The maximum atomic E-state index is 13.6. The first-order valence-corrected chi connectivity index (χ1v) is 18.4. The molecule has 0 aliphatic carbocycles. The van der Waals surface area contributed by atoms with E-state index < -0.39 is 11.9 Å². The van der Waals surface area contributed by atoms with Gasteiger partial charge in [0.25, 0.3) is 0 Å². The molecule has 0 saturated carbocycles. The Bertz CT molecular complexity index is 2610. The van der Waals surface area contributed by atoms with Crippen molar-refractivity contribution in [2.45, 2.75) is 0 Å². The Labute approximate surface area is 323 Å². The number of ether oxygens (including phenoxy) is 2. The predicted octanol–water partition coefficient (Wildman–Crippen LogP) is 12.2. The van der Waals surface area contributed by atoms with Crippen LogP contribution in [0, 0.1) is 0 Å². The standard InChI is InChI=1S/C50H32N2O4/c53-49-45-46(48(56-49)36-24-22-34-26-28-44(32-38(34)30-36)52(41-17-9-3-10-18-41)42-19-11-4-12-20-42)50(54)55-47(45)35-23-21-33-25-27-43(31-37(33)29-35)51(39-13-5-1-6-14-39)40-15-7-2-8-16-40/h1-32H. The lowest BCUT2D eigenvalue weighted by Crippen LogP contribution is -2.09. The largest absolute Gasteiger partial charge is 0.421 e. The number of esters is 2. The molecule has 0 bridgehead atoms. The van der Waals surface area contributed by atoms with Gasteiger partial charge in [-0.3, -0.25) is 0 Å². The highest BCUT2D eigenvalue weighted by molar-refractivity contribution is 6.24. The van der Waals surface area contributed by atoms with Crippen LogP contribution in [-0.2, 0) is 19.1 Å². The Hall–Kier alpha value is -7.70. The third kappa shape index (κ3) is 5.77. The summed E-state index contributed by atoms with van der Waals surface area (Å²) in [5.74, 6) is -0.830. The average Bonchev–Trinajstić information content (AvgIpc) is 3.79. The maximum absolute atomic E-state index is 13.6. The summed E-state index contributed by atoms with van der Waals surface area (Å²) in [6, 6.07) is 65.0. The second-order valence-corrected chi connectivity index (χ2v) is 13.7. The number of nitrogens with zero attached hydrogens (tertiary/aromatic N) is 2. The number of para-hydroxylation sites is 4. The molecule has 56 heavy (non-hydrogen) atoms. The Balaban J connectivity index is 1.04. The van der Waals surface area contributed by atoms with E-state index in [1.54, 1.807) is 0 Å². The van der Waals surface area contributed by atoms with Gasteiger partial charge in [-0.2, -0.15) is 0 Å². The minimum absolute atomic E-state index is 0.142. The zero-order chi connectivity index (χ0) is 37.6. The molecule has 0 fully saturated rings. The van der Waals surface area contributed by atoms with Gasteiger partial charge in [0.05, 0.1) is 0 Å². The van der Waals surface area contributed by atoms with Crippen LogP contribution in [0.5, 0.6) is 0 Å². The maximum Gasteiger partial charge on any atom is 0.348 e. The summed E-state index contributed by atoms with van der Waals surface area (Å²) in [5.41, 5.74) is 7.53. The lowest BCUT2D eigenvalue weighted by molar-refractivity contribution is -0.131. The summed E-state index contributed by atoms with van der Waals surface area (Å²) in [4.78, 5) is 31.7. The van der Waals surface area contributed by atoms with Crippen LogP contribution in [0.2, 0.25) is 0 Å². The number of fused-ring (bicyclic) bond motifs is 3. The third-order valence-corrected chi connectivity index (χ3v) is 10.2. The number of cyclic esters (lactones) is 2. The summed E-state index contributed by atoms with van der Waals surface area (Å²) in [5, 5.41) is 3.87. The summed E-state index contributed by atoms with van der Waals surface area (Å²) in [7, 11) is 0. The zero-order valence-corrected chi connectivity index (χ0v) is 30.0. The van der Waals surface area contributed by atoms with E-state index in [4.69, 9.17) is 9.47 Å². The van der Waals surface area contributed by atoms with Crippen LogP contribution < -0.4 is 9.80 Å². The normalized spacial score (nSPS) is 13.6. The molecule has 8 aromatic rings. The summed E-state index contributed by atoms with van der Waals surface area (Å²) in [6.45, 7) is 0. The van der Waals surface area contributed by atoms with Gasteiger partial charge in [0.2, 0.25) is 0 Å². The fourth-order valence-electron chi connectivity index (χ4n) is 7.64. The van der Waals surface area contributed by atoms with Crippen molar-refractivity contribution < 1.29 is 19.1 Å². The molecule has 2 aliphatic heterocycles. The molecule has 8 aromatic carbocycles. The van der Waals surface area contributed by atoms with Crippen molar-refractivity contribution in [2.75, 3.05) is 9.80 Å². The second kappa shape index (κ2) is 13.6. The monoisotopic (exact) mass is 724 g/mol. The molecule has 0 aromatic heterocycles. The van der Waals surface area contributed by atoms with Gasteiger partial charge in [-0.25, -0.2) is 9.59 Å². The Kier molecular flexibility index (Phi) is 8.00. The van der Waals surface area contributed by atoms with E-state index in [0.717, 1.165) is 55.7 Å². The molecule has 2 aliphatic rings. The van der Waals surface area contributed by atoms with Gasteiger partial charge in [0.15, 0.2) is 11.5 Å². The molecule has 0 spiro atoms. The van der Waals surface area contributed by atoms with Gasteiger partial charge in [-0.1, -0.05) is 109 Å². The Morgan fingerprint density at radius 2 is 0.625 bits per heavy atom. The zero-order valence-electron chi connectivity index (χ0n) is 30.0. The Morgan fingerprint density at radius 1 is 0.304 bits per heavy atom. The first kappa shape index (κ1) is 32.9. The van der Waals surface area contributed by atoms with Gasteiger partial charge >= 0.3 is 11.9 Å². The molecule has 0 atom stereocenters. The number of carbonyl (C=O) groups is 2. The van der Waals surface area contributed by atoms with Crippen molar-refractivity contribution in [1.29, 1.82) is 0 Å². The second-order valence-electron chi connectivity index (χ2n) is 13.7. The van der Waals surface area contributed by atoms with E-state index in [9.17, 15) is 9.59 Å². The highest BCUT2D eigenvalue weighted by Gasteiger charge is 2.45. The van der Waals surface area contributed by atoms with E-state index in [1.165, 1.54) is 0 Å². The van der Waals surface area contributed by atoms with Crippen LogP contribution in [-0.4, -0.2) is 11.9 Å².